The van der Waals surface area contributed by atoms with E-state index in [0.29, 0.717) is 0 Å². The molecule has 0 saturated carbocycles. The van der Waals surface area contributed by atoms with E-state index in [9.17, 15) is 18.3 Å². The van der Waals surface area contributed by atoms with Gasteiger partial charge in [-0.25, -0.2) is 0 Å². The van der Waals surface area contributed by atoms with Gasteiger partial charge >= 0.3 is 6.36 Å². The van der Waals surface area contributed by atoms with Gasteiger partial charge in [-0.05, 0) is 0 Å². The van der Waals surface area contributed by atoms with Crippen LogP contribution in [-0.2, 0) is 6.54 Å². The lowest BCUT2D eigenvalue weighted by Gasteiger charge is -2.10. The van der Waals surface area contributed by atoms with Crippen molar-refractivity contribution in [1.82, 2.24) is 4.98 Å². The van der Waals surface area contributed by atoms with Crippen LogP contribution in [0.5, 0.6) is 11.6 Å². The quantitative estimate of drug-likeness (QED) is 0.686. The fraction of sp³-hybridized carbons (Fsp3) is 0.286. The highest BCUT2D eigenvalue weighted by atomic mass is 19.4. The van der Waals surface area contributed by atoms with E-state index in [4.69, 9.17) is 11.5 Å². The first kappa shape index (κ1) is 11.4. The molecule has 0 radical (unpaired) electrons. The predicted octanol–water partition coefficient (Wildman–Crippen LogP) is 0.727. The van der Waals surface area contributed by atoms with Gasteiger partial charge in [0.15, 0.2) is 11.6 Å². The molecular formula is C7H8F3N3O2. The molecular weight excluding hydrogens is 215 g/mol. The number of nitrogens with two attached hydrogens (primary N) is 2. The first-order valence-corrected chi connectivity index (χ1v) is 3.77. The standard InChI is InChI=1S/C7H8F3N3O2/c8-7(9,10)15-4-1-3(2-11)5(14)6(12)13-4/h1,14H,2,11H2,(H2,12,13). The number of halogens is 3. The normalized spacial score (nSPS) is 11.5. The molecule has 1 heterocycles. The maximum atomic E-state index is 11.8. The number of ether oxygens (including phenoxy) is 1. The zero-order chi connectivity index (χ0) is 11.6. The number of nitrogens with zero attached hydrogens (tertiary/aromatic N) is 1. The van der Waals surface area contributed by atoms with Crippen molar-refractivity contribution in [1.29, 1.82) is 0 Å². The summed E-state index contributed by atoms with van der Waals surface area (Å²) < 4.78 is 39.0. The van der Waals surface area contributed by atoms with Gasteiger partial charge in [0.2, 0.25) is 5.88 Å². The van der Waals surface area contributed by atoms with Crippen LogP contribution in [0.15, 0.2) is 6.07 Å². The summed E-state index contributed by atoms with van der Waals surface area (Å²) in [5, 5.41) is 9.22. The zero-order valence-electron chi connectivity index (χ0n) is 7.38. The van der Waals surface area contributed by atoms with Gasteiger partial charge in [-0.15, -0.1) is 13.2 Å². The van der Waals surface area contributed by atoms with Crippen LogP contribution >= 0.6 is 0 Å². The molecule has 0 aliphatic carbocycles. The van der Waals surface area contributed by atoms with Gasteiger partial charge in [0, 0.05) is 18.2 Å². The highest BCUT2D eigenvalue weighted by Crippen LogP contribution is 2.29. The van der Waals surface area contributed by atoms with E-state index in [1.54, 1.807) is 0 Å². The van der Waals surface area contributed by atoms with Gasteiger partial charge in [-0.1, -0.05) is 0 Å². The van der Waals surface area contributed by atoms with Gasteiger partial charge < -0.3 is 21.3 Å². The fourth-order valence-electron chi connectivity index (χ4n) is 0.912. The van der Waals surface area contributed by atoms with Crippen molar-refractivity contribution >= 4 is 5.82 Å². The average Bonchev–Trinajstić information content (AvgIpc) is 2.08. The predicted molar refractivity (Wildman–Crippen MR) is 44.9 cm³/mol. The Morgan fingerprint density at radius 1 is 1.47 bits per heavy atom. The second-order valence-corrected chi connectivity index (χ2v) is 2.61. The number of aromatic hydroxyl groups is 1. The number of hydrogen-bond donors (Lipinski definition) is 3. The molecule has 0 fully saturated rings. The monoisotopic (exact) mass is 223 g/mol. The molecule has 0 aliphatic heterocycles. The van der Waals surface area contributed by atoms with Crippen molar-refractivity contribution < 1.29 is 23.0 Å². The van der Waals surface area contributed by atoms with Crippen LogP contribution in [0.2, 0.25) is 0 Å². The number of aromatic nitrogens is 1. The Hall–Kier alpha value is -1.70. The Kier molecular flexibility index (Phi) is 2.89. The van der Waals surface area contributed by atoms with Crippen LogP contribution < -0.4 is 16.2 Å². The molecule has 0 bridgehead atoms. The molecule has 1 aromatic rings. The van der Waals surface area contributed by atoms with E-state index in [-0.39, 0.29) is 12.1 Å². The van der Waals surface area contributed by atoms with Crippen molar-refractivity contribution in [2.75, 3.05) is 5.73 Å². The third-order valence-corrected chi connectivity index (χ3v) is 1.52. The maximum absolute atomic E-state index is 11.8. The van der Waals surface area contributed by atoms with E-state index in [2.05, 4.69) is 9.72 Å². The summed E-state index contributed by atoms with van der Waals surface area (Å²) >= 11 is 0. The Morgan fingerprint density at radius 2 is 2.07 bits per heavy atom. The fourth-order valence-corrected chi connectivity index (χ4v) is 0.912. The lowest BCUT2D eigenvalue weighted by atomic mass is 10.2. The molecule has 5 N–H and O–H groups in total. The van der Waals surface area contributed by atoms with Crippen LogP contribution in [0.3, 0.4) is 0 Å². The number of nitrogen functional groups attached to an aromatic ring is 1. The minimum Gasteiger partial charge on any atom is -0.504 e. The minimum atomic E-state index is -4.86. The highest BCUT2D eigenvalue weighted by molar-refractivity contribution is 5.52. The number of pyridine rings is 1. The zero-order valence-corrected chi connectivity index (χ0v) is 7.38. The van der Waals surface area contributed by atoms with Crippen LogP contribution in [0.1, 0.15) is 5.56 Å². The second kappa shape index (κ2) is 3.81. The van der Waals surface area contributed by atoms with Gasteiger partial charge in [0.25, 0.3) is 0 Å². The molecule has 1 rings (SSSR count). The molecule has 0 saturated heterocycles. The number of rotatable bonds is 2. The van der Waals surface area contributed by atoms with E-state index < -0.39 is 23.8 Å². The largest absolute Gasteiger partial charge is 0.574 e. The summed E-state index contributed by atoms with van der Waals surface area (Å²) in [6.45, 7) is -0.174. The Balaban J connectivity index is 3.06. The summed E-state index contributed by atoms with van der Waals surface area (Å²) in [7, 11) is 0. The molecule has 8 heteroatoms. The minimum absolute atomic E-state index is 0.0294. The van der Waals surface area contributed by atoms with Crippen molar-refractivity contribution in [3.05, 3.63) is 11.6 Å². The second-order valence-electron chi connectivity index (χ2n) is 2.61. The van der Waals surface area contributed by atoms with Gasteiger partial charge in [-0.3, -0.25) is 0 Å². The first-order chi connectivity index (χ1) is 6.83. The molecule has 0 aromatic carbocycles. The highest BCUT2D eigenvalue weighted by Gasteiger charge is 2.32. The Bertz CT molecular complexity index is 367. The van der Waals surface area contributed by atoms with Crippen molar-refractivity contribution in [2.24, 2.45) is 5.73 Å². The first-order valence-electron chi connectivity index (χ1n) is 3.77. The van der Waals surface area contributed by atoms with E-state index >= 15 is 0 Å². The smallest absolute Gasteiger partial charge is 0.504 e. The molecule has 5 nitrogen and oxygen atoms in total. The molecule has 0 unspecified atom stereocenters. The van der Waals surface area contributed by atoms with Crippen molar-refractivity contribution in [3.63, 3.8) is 0 Å². The molecule has 0 spiro atoms. The molecule has 0 aliphatic rings. The summed E-state index contributed by atoms with van der Waals surface area (Å²) in [5.41, 5.74) is 10.4. The molecule has 84 valence electrons. The summed E-state index contributed by atoms with van der Waals surface area (Å²) in [6, 6.07) is 0.874. The topological polar surface area (TPSA) is 94.4 Å². The van der Waals surface area contributed by atoms with Gasteiger partial charge in [0.05, 0.1) is 0 Å². The molecule has 0 atom stereocenters. The maximum Gasteiger partial charge on any atom is 0.574 e. The Labute approximate surface area is 82.5 Å². The van der Waals surface area contributed by atoms with Gasteiger partial charge in [-0.2, -0.15) is 4.98 Å². The lowest BCUT2D eigenvalue weighted by molar-refractivity contribution is -0.276. The number of anilines is 1. The summed E-state index contributed by atoms with van der Waals surface area (Å²) in [6.07, 6.45) is -4.86. The molecule has 1 aromatic heterocycles. The third kappa shape index (κ3) is 2.88. The van der Waals surface area contributed by atoms with E-state index in [1.807, 2.05) is 0 Å². The van der Waals surface area contributed by atoms with E-state index in [1.165, 1.54) is 0 Å². The van der Waals surface area contributed by atoms with Crippen LogP contribution in [0, 0.1) is 0 Å². The van der Waals surface area contributed by atoms with E-state index in [0.717, 1.165) is 6.07 Å². The average molecular weight is 223 g/mol. The SMILES string of the molecule is NCc1cc(OC(F)(F)F)nc(N)c1O. The Morgan fingerprint density at radius 3 is 2.53 bits per heavy atom. The number of alkyl halides is 3. The third-order valence-electron chi connectivity index (χ3n) is 1.52. The summed E-state index contributed by atoms with van der Waals surface area (Å²) in [5.74, 6) is -1.65. The van der Waals surface area contributed by atoms with Crippen molar-refractivity contribution in [2.45, 2.75) is 12.9 Å². The molecule has 15 heavy (non-hydrogen) atoms. The summed E-state index contributed by atoms with van der Waals surface area (Å²) in [4.78, 5) is 3.20. The molecule has 0 amide bonds. The lowest BCUT2D eigenvalue weighted by Crippen LogP contribution is -2.18. The number of hydrogen-bond acceptors (Lipinski definition) is 5. The van der Waals surface area contributed by atoms with Crippen LogP contribution in [-0.4, -0.2) is 16.5 Å². The van der Waals surface area contributed by atoms with Crippen molar-refractivity contribution in [3.8, 4) is 11.6 Å². The van der Waals surface area contributed by atoms with Crippen LogP contribution in [0.4, 0.5) is 19.0 Å². The van der Waals surface area contributed by atoms with Crippen LogP contribution in [0.25, 0.3) is 0 Å². The van der Waals surface area contributed by atoms with Gasteiger partial charge in [0.1, 0.15) is 0 Å².